The molecule has 1 aliphatic rings. The van der Waals surface area contributed by atoms with E-state index in [9.17, 15) is 9.59 Å². The van der Waals surface area contributed by atoms with E-state index in [1.165, 1.54) is 14.0 Å². The van der Waals surface area contributed by atoms with Crippen LogP contribution in [0.2, 0.25) is 0 Å². The fourth-order valence-corrected chi connectivity index (χ4v) is 2.32. The maximum atomic E-state index is 12.3. The van der Waals surface area contributed by atoms with Gasteiger partial charge in [-0.25, -0.2) is 0 Å². The Morgan fingerprint density at radius 3 is 2.28 bits per heavy atom. The van der Waals surface area contributed by atoms with Crippen LogP contribution in [-0.2, 0) is 11.2 Å². The molecule has 4 heteroatoms. The van der Waals surface area contributed by atoms with Crippen LogP contribution < -0.4 is 9.47 Å². The second kappa shape index (κ2) is 4.12. The second-order valence-corrected chi connectivity index (χ2v) is 4.76. The zero-order chi connectivity index (χ0) is 13.5. The van der Waals surface area contributed by atoms with Gasteiger partial charge in [-0.05, 0) is 38.0 Å². The molecule has 96 valence electrons. The Kier molecular flexibility index (Phi) is 2.89. The largest absolute Gasteiger partial charge is 0.493 e. The van der Waals surface area contributed by atoms with E-state index in [1.54, 1.807) is 26.2 Å². The summed E-state index contributed by atoms with van der Waals surface area (Å²) in [7, 11) is 3.07. The van der Waals surface area contributed by atoms with Crippen LogP contribution in [0.15, 0.2) is 12.1 Å². The lowest BCUT2D eigenvalue weighted by atomic mass is 9.82. The molecule has 1 aliphatic carbocycles. The van der Waals surface area contributed by atoms with Crippen molar-refractivity contribution in [2.45, 2.75) is 20.3 Å². The molecule has 0 aromatic heterocycles. The van der Waals surface area contributed by atoms with E-state index >= 15 is 0 Å². The van der Waals surface area contributed by atoms with Crippen molar-refractivity contribution in [3.05, 3.63) is 23.3 Å². The molecule has 0 amide bonds. The number of carbonyl (C=O) groups excluding carboxylic acids is 2. The fourth-order valence-electron chi connectivity index (χ4n) is 2.32. The minimum atomic E-state index is -0.945. The Balaban J connectivity index is 2.56. The van der Waals surface area contributed by atoms with Crippen molar-refractivity contribution in [1.82, 2.24) is 0 Å². The number of rotatable bonds is 3. The highest BCUT2D eigenvalue weighted by Gasteiger charge is 2.45. The van der Waals surface area contributed by atoms with Crippen LogP contribution in [0.1, 0.15) is 29.8 Å². The Morgan fingerprint density at radius 1 is 1.22 bits per heavy atom. The predicted molar refractivity (Wildman–Crippen MR) is 66.4 cm³/mol. The lowest BCUT2D eigenvalue weighted by Crippen LogP contribution is -2.31. The average Bonchev–Trinajstić information content (AvgIpc) is 2.61. The summed E-state index contributed by atoms with van der Waals surface area (Å²) >= 11 is 0. The van der Waals surface area contributed by atoms with Crippen molar-refractivity contribution in [1.29, 1.82) is 0 Å². The predicted octanol–water partition coefficient (Wildman–Crippen LogP) is 2.04. The van der Waals surface area contributed by atoms with E-state index in [-0.39, 0.29) is 11.6 Å². The monoisotopic (exact) mass is 248 g/mol. The molecule has 0 saturated heterocycles. The van der Waals surface area contributed by atoms with E-state index < -0.39 is 5.41 Å². The Bertz CT molecular complexity index is 533. The number of ketones is 2. The smallest absolute Gasteiger partial charge is 0.176 e. The summed E-state index contributed by atoms with van der Waals surface area (Å²) in [5.41, 5.74) is 0.459. The maximum absolute atomic E-state index is 12.3. The van der Waals surface area contributed by atoms with E-state index in [1.807, 2.05) is 0 Å². The number of fused-ring (bicyclic) bond motifs is 1. The van der Waals surface area contributed by atoms with Crippen molar-refractivity contribution in [2.24, 2.45) is 5.41 Å². The quantitative estimate of drug-likeness (QED) is 0.768. The van der Waals surface area contributed by atoms with E-state index in [4.69, 9.17) is 9.47 Å². The van der Waals surface area contributed by atoms with Gasteiger partial charge in [0.2, 0.25) is 0 Å². The number of Topliss-reactive ketones (excluding diaryl/α,β-unsaturated/α-hetero) is 2. The summed E-state index contributed by atoms with van der Waals surface area (Å²) < 4.78 is 10.4. The van der Waals surface area contributed by atoms with Gasteiger partial charge in [0.1, 0.15) is 5.78 Å². The second-order valence-electron chi connectivity index (χ2n) is 4.76. The Hall–Kier alpha value is -1.84. The van der Waals surface area contributed by atoms with Crippen molar-refractivity contribution in [2.75, 3.05) is 14.2 Å². The molecule has 1 unspecified atom stereocenters. The number of benzene rings is 1. The molecule has 1 aromatic carbocycles. The third-order valence-corrected chi connectivity index (χ3v) is 3.68. The van der Waals surface area contributed by atoms with Gasteiger partial charge >= 0.3 is 0 Å². The SMILES string of the molecule is COc1cc2c(cc1OC)C(=O)C(C)(C(C)=O)C2. The molecule has 0 bridgehead atoms. The highest BCUT2D eigenvalue weighted by atomic mass is 16.5. The molecule has 4 nitrogen and oxygen atoms in total. The lowest BCUT2D eigenvalue weighted by Gasteiger charge is -2.16. The van der Waals surface area contributed by atoms with Crippen LogP contribution in [0.5, 0.6) is 11.5 Å². The molecule has 0 N–H and O–H groups in total. The van der Waals surface area contributed by atoms with Gasteiger partial charge in [0.25, 0.3) is 0 Å². The fraction of sp³-hybridized carbons (Fsp3) is 0.429. The molecule has 0 aliphatic heterocycles. The first-order valence-corrected chi connectivity index (χ1v) is 5.74. The molecular weight excluding hydrogens is 232 g/mol. The van der Waals surface area contributed by atoms with Gasteiger partial charge in [0.15, 0.2) is 17.3 Å². The third-order valence-electron chi connectivity index (χ3n) is 3.68. The number of ether oxygens (including phenoxy) is 2. The molecular formula is C14H16O4. The molecule has 0 saturated carbocycles. The Morgan fingerprint density at radius 2 is 1.78 bits per heavy atom. The van der Waals surface area contributed by atoms with Gasteiger partial charge in [-0.2, -0.15) is 0 Å². The first kappa shape index (κ1) is 12.6. The zero-order valence-electron chi connectivity index (χ0n) is 11.0. The van der Waals surface area contributed by atoms with Gasteiger partial charge in [-0.15, -0.1) is 0 Å². The summed E-state index contributed by atoms with van der Waals surface area (Å²) in [6.07, 6.45) is 0.427. The summed E-state index contributed by atoms with van der Waals surface area (Å²) in [6.45, 7) is 3.15. The van der Waals surface area contributed by atoms with Crippen LogP contribution in [-0.4, -0.2) is 25.8 Å². The van der Waals surface area contributed by atoms with Gasteiger partial charge in [0.05, 0.1) is 19.6 Å². The maximum Gasteiger partial charge on any atom is 0.176 e. The third kappa shape index (κ3) is 1.60. The van der Waals surface area contributed by atoms with Gasteiger partial charge in [0, 0.05) is 5.56 Å². The van der Waals surface area contributed by atoms with Gasteiger partial charge < -0.3 is 9.47 Å². The number of methoxy groups -OCH3 is 2. The van der Waals surface area contributed by atoms with E-state index in [0.29, 0.717) is 23.5 Å². The molecule has 1 aromatic rings. The number of hydrogen-bond acceptors (Lipinski definition) is 4. The van der Waals surface area contributed by atoms with Crippen LogP contribution in [0.3, 0.4) is 0 Å². The highest BCUT2D eigenvalue weighted by molar-refractivity contribution is 6.17. The molecule has 18 heavy (non-hydrogen) atoms. The molecule has 0 radical (unpaired) electrons. The standard InChI is InChI=1S/C14H16O4/c1-8(15)14(2)7-9-5-11(17-3)12(18-4)6-10(9)13(14)16/h5-6H,7H2,1-4H3. The van der Waals surface area contributed by atoms with E-state index in [2.05, 4.69) is 0 Å². The van der Waals surface area contributed by atoms with Gasteiger partial charge in [-0.3, -0.25) is 9.59 Å². The molecule has 0 fully saturated rings. The van der Waals surface area contributed by atoms with Gasteiger partial charge in [-0.1, -0.05) is 0 Å². The highest BCUT2D eigenvalue weighted by Crippen LogP contribution is 2.42. The topological polar surface area (TPSA) is 52.6 Å². The van der Waals surface area contributed by atoms with Crippen LogP contribution in [0.4, 0.5) is 0 Å². The minimum absolute atomic E-state index is 0.110. The summed E-state index contributed by atoms with van der Waals surface area (Å²) in [5.74, 6) is 0.849. The molecule has 2 rings (SSSR count). The summed E-state index contributed by atoms with van der Waals surface area (Å²) in [5, 5.41) is 0. The van der Waals surface area contributed by atoms with E-state index in [0.717, 1.165) is 5.56 Å². The minimum Gasteiger partial charge on any atom is -0.493 e. The van der Waals surface area contributed by atoms with Crippen molar-refractivity contribution in [3.8, 4) is 11.5 Å². The molecule has 0 heterocycles. The number of carbonyl (C=O) groups is 2. The van der Waals surface area contributed by atoms with Crippen LogP contribution >= 0.6 is 0 Å². The van der Waals surface area contributed by atoms with Crippen LogP contribution in [0.25, 0.3) is 0 Å². The Labute approximate surface area is 106 Å². The first-order chi connectivity index (χ1) is 8.43. The van der Waals surface area contributed by atoms with Crippen LogP contribution in [0, 0.1) is 5.41 Å². The van der Waals surface area contributed by atoms with Crippen molar-refractivity contribution >= 4 is 11.6 Å². The molecule has 1 atom stereocenters. The zero-order valence-corrected chi connectivity index (χ0v) is 11.0. The first-order valence-electron chi connectivity index (χ1n) is 5.74. The van der Waals surface area contributed by atoms with Crippen molar-refractivity contribution < 1.29 is 19.1 Å². The summed E-state index contributed by atoms with van der Waals surface area (Å²) in [4.78, 5) is 24.0. The normalized spacial score (nSPS) is 21.7. The lowest BCUT2D eigenvalue weighted by molar-refractivity contribution is -0.123. The van der Waals surface area contributed by atoms with Crippen molar-refractivity contribution in [3.63, 3.8) is 0 Å². The number of hydrogen-bond donors (Lipinski definition) is 0. The average molecular weight is 248 g/mol. The molecule has 0 spiro atoms. The summed E-state index contributed by atoms with van der Waals surface area (Å²) in [6, 6.07) is 3.44.